The molecule has 1 aromatic heterocycles. The molecular weight excluding hydrogens is 374 g/mol. The van der Waals surface area contributed by atoms with Gasteiger partial charge in [-0.3, -0.25) is 14.2 Å². The molecule has 1 aliphatic rings. The van der Waals surface area contributed by atoms with Gasteiger partial charge in [0, 0.05) is 18.7 Å². The van der Waals surface area contributed by atoms with E-state index in [9.17, 15) is 9.59 Å². The zero-order chi connectivity index (χ0) is 20.1. The van der Waals surface area contributed by atoms with E-state index in [1.807, 2.05) is 35.8 Å². The van der Waals surface area contributed by atoms with Crippen LogP contribution in [0.3, 0.4) is 0 Å². The number of carbonyl (C=O) groups is 2. The number of nitrogens with one attached hydrogen (secondary N) is 2. The van der Waals surface area contributed by atoms with Crippen molar-refractivity contribution in [2.45, 2.75) is 57.7 Å². The highest BCUT2D eigenvalue weighted by molar-refractivity contribution is 7.99. The maximum absolute atomic E-state index is 12.4. The number of hydrogen-bond donors (Lipinski definition) is 2. The molecule has 0 saturated heterocycles. The number of benzene rings is 1. The van der Waals surface area contributed by atoms with Crippen LogP contribution in [-0.4, -0.2) is 38.4 Å². The summed E-state index contributed by atoms with van der Waals surface area (Å²) < 4.78 is 1.89. The third kappa shape index (κ3) is 5.34. The van der Waals surface area contributed by atoms with E-state index in [2.05, 4.69) is 27.8 Å². The predicted octanol–water partition coefficient (Wildman–Crippen LogP) is 3.32. The summed E-state index contributed by atoms with van der Waals surface area (Å²) in [6, 6.07) is 7.78. The molecule has 0 unspecified atom stereocenters. The van der Waals surface area contributed by atoms with Crippen LogP contribution in [0.2, 0.25) is 0 Å². The standard InChI is InChI=1S/C20H27N5O2S/c1-13-7-9-16(10-8-13)22-19(27)12-28-20-24-23-14(2)25(20)18-6-4-5-17(11-18)21-15(3)26/h4-6,11,13,16H,7-10,12H2,1-3H3,(H,21,26)(H,22,27). The second kappa shape index (κ2) is 9.23. The number of rotatable bonds is 6. The summed E-state index contributed by atoms with van der Waals surface area (Å²) in [6.45, 7) is 5.61. The Bertz CT molecular complexity index is 843. The van der Waals surface area contributed by atoms with Crippen molar-refractivity contribution < 1.29 is 9.59 Å². The third-order valence-corrected chi connectivity index (χ3v) is 5.86. The molecule has 0 spiro atoms. The molecule has 8 heteroatoms. The molecule has 0 aliphatic heterocycles. The van der Waals surface area contributed by atoms with Crippen molar-refractivity contribution in [2.75, 3.05) is 11.1 Å². The number of nitrogens with zero attached hydrogens (tertiary/aromatic N) is 3. The van der Waals surface area contributed by atoms with Gasteiger partial charge in [-0.15, -0.1) is 10.2 Å². The number of aromatic nitrogens is 3. The summed E-state index contributed by atoms with van der Waals surface area (Å²) in [6.07, 6.45) is 4.47. The van der Waals surface area contributed by atoms with E-state index in [1.54, 1.807) is 0 Å². The van der Waals surface area contributed by atoms with Gasteiger partial charge in [0.15, 0.2) is 5.16 Å². The Kier molecular flexibility index (Phi) is 6.72. The molecule has 2 amide bonds. The normalized spacial score (nSPS) is 19.2. The maximum atomic E-state index is 12.4. The van der Waals surface area contributed by atoms with Crippen LogP contribution >= 0.6 is 11.8 Å². The molecule has 28 heavy (non-hydrogen) atoms. The Morgan fingerprint density at radius 3 is 2.68 bits per heavy atom. The molecule has 150 valence electrons. The highest BCUT2D eigenvalue weighted by atomic mass is 32.2. The zero-order valence-corrected chi connectivity index (χ0v) is 17.4. The van der Waals surface area contributed by atoms with Crippen molar-refractivity contribution in [3.05, 3.63) is 30.1 Å². The minimum atomic E-state index is -0.124. The van der Waals surface area contributed by atoms with E-state index < -0.39 is 0 Å². The fourth-order valence-corrected chi connectivity index (χ4v) is 4.27. The van der Waals surface area contributed by atoms with Gasteiger partial charge < -0.3 is 10.6 Å². The lowest BCUT2D eigenvalue weighted by Gasteiger charge is -2.26. The third-order valence-electron chi connectivity index (χ3n) is 4.93. The number of carbonyl (C=O) groups excluding carboxylic acids is 2. The van der Waals surface area contributed by atoms with Crippen molar-refractivity contribution in [1.29, 1.82) is 0 Å². The zero-order valence-electron chi connectivity index (χ0n) is 16.6. The number of aryl methyl sites for hydroxylation is 1. The van der Waals surface area contributed by atoms with Gasteiger partial charge >= 0.3 is 0 Å². The van der Waals surface area contributed by atoms with Crippen LogP contribution in [0.25, 0.3) is 5.69 Å². The highest BCUT2D eigenvalue weighted by Gasteiger charge is 2.20. The number of thioether (sulfide) groups is 1. The Labute approximate surface area is 169 Å². The number of amides is 2. The lowest BCUT2D eigenvalue weighted by Crippen LogP contribution is -2.38. The Hall–Kier alpha value is -2.35. The van der Waals surface area contributed by atoms with Gasteiger partial charge in [-0.2, -0.15) is 0 Å². The first-order valence-corrected chi connectivity index (χ1v) is 10.6. The molecule has 7 nitrogen and oxygen atoms in total. The topological polar surface area (TPSA) is 88.9 Å². The van der Waals surface area contributed by atoms with E-state index in [0.29, 0.717) is 22.6 Å². The van der Waals surface area contributed by atoms with Gasteiger partial charge in [0.05, 0.1) is 11.4 Å². The van der Waals surface area contributed by atoms with E-state index in [1.165, 1.54) is 31.5 Å². The monoisotopic (exact) mass is 401 g/mol. The largest absolute Gasteiger partial charge is 0.353 e. The van der Waals surface area contributed by atoms with Crippen LogP contribution in [0.1, 0.15) is 45.4 Å². The maximum Gasteiger partial charge on any atom is 0.230 e. The van der Waals surface area contributed by atoms with Gasteiger partial charge in [-0.25, -0.2) is 0 Å². The number of hydrogen-bond acceptors (Lipinski definition) is 5. The van der Waals surface area contributed by atoms with Crippen molar-refractivity contribution in [3.63, 3.8) is 0 Å². The predicted molar refractivity (Wildman–Crippen MR) is 111 cm³/mol. The highest BCUT2D eigenvalue weighted by Crippen LogP contribution is 2.25. The smallest absolute Gasteiger partial charge is 0.230 e. The summed E-state index contributed by atoms with van der Waals surface area (Å²) in [5, 5.41) is 15.0. The first-order chi connectivity index (χ1) is 13.4. The quantitative estimate of drug-likeness (QED) is 0.725. The molecule has 2 N–H and O–H groups in total. The summed E-state index contributed by atoms with van der Waals surface area (Å²) in [7, 11) is 0. The van der Waals surface area contributed by atoms with E-state index in [0.717, 1.165) is 30.3 Å². The molecule has 1 aliphatic carbocycles. The van der Waals surface area contributed by atoms with Gasteiger partial charge in [-0.1, -0.05) is 24.8 Å². The molecule has 1 heterocycles. The van der Waals surface area contributed by atoms with E-state index >= 15 is 0 Å². The minimum Gasteiger partial charge on any atom is -0.353 e. The van der Waals surface area contributed by atoms with Gasteiger partial charge in [0.2, 0.25) is 11.8 Å². The van der Waals surface area contributed by atoms with Crippen LogP contribution in [0, 0.1) is 12.8 Å². The molecule has 3 rings (SSSR count). The second-order valence-corrected chi connectivity index (χ2v) is 8.35. The molecule has 0 radical (unpaired) electrons. The van der Waals surface area contributed by atoms with Gasteiger partial charge in [0.1, 0.15) is 5.82 Å². The molecule has 1 saturated carbocycles. The van der Waals surface area contributed by atoms with Gasteiger partial charge in [-0.05, 0) is 56.7 Å². The van der Waals surface area contributed by atoms with Crippen molar-refractivity contribution >= 4 is 29.3 Å². The molecule has 1 fully saturated rings. The SMILES string of the molecule is CC(=O)Nc1cccc(-n2c(C)nnc2SCC(=O)NC2CCC(C)CC2)c1. The molecular formula is C20H27N5O2S. The second-order valence-electron chi connectivity index (χ2n) is 7.41. The van der Waals surface area contributed by atoms with Crippen LogP contribution in [0.15, 0.2) is 29.4 Å². The van der Waals surface area contributed by atoms with Gasteiger partial charge in [0.25, 0.3) is 0 Å². The average molecular weight is 402 g/mol. The first kappa shape index (κ1) is 20.4. The minimum absolute atomic E-state index is 0.0313. The molecule has 0 bridgehead atoms. The van der Waals surface area contributed by atoms with Crippen molar-refractivity contribution in [2.24, 2.45) is 5.92 Å². The fraction of sp³-hybridized carbons (Fsp3) is 0.500. The van der Waals surface area contributed by atoms with E-state index in [4.69, 9.17) is 0 Å². The summed E-state index contributed by atoms with van der Waals surface area (Å²) in [5.74, 6) is 1.70. The van der Waals surface area contributed by atoms with E-state index in [-0.39, 0.29) is 11.8 Å². The number of anilines is 1. The van der Waals surface area contributed by atoms with Crippen molar-refractivity contribution in [1.82, 2.24) is 20.1 Å². The summed E-state index contributed by atoms with van der Waals surface area (Å²) in [4.78, 5) is 23.7. The van der Waals surface area contributed by atoms with Crippen LogP contribution in [-0.2, 0) is 9.59 Å². The summed E-state index contributed by atoms with van der Waals surface area (Å²) in [5.41, 5.74) is 1.55. The van der Waals surface area contributed by atoms with Crippen LogP contribution < -0.4 is 10.6 Å². The Morgan fingerprint density at radius 1 is 1.21 bits per heavy atom. The van der Waals surface area contributed by atoms with Crippen LogP contribution in [0.4, 0.5) is 5.69 Å². The Morgan fingerprint density at radius 2 is 1.96 bits per heavy atom. The van der Waals surface area contributed by atoms with Crippen molar-refractivity contribution in [3.8, 4) is 5.69 Å². The van der Waals surface area contributed by atoms with Crippen LogP contribution in [0.5, 0.6) is 0 Å². The molecule has 2 aromatic rings. The fourth-order valence-electron chi connectivity index (χ4n) is 3.46. The lowest BCUT2D eigenvalue weighted by molar-refractivity contribution is -0.119. The average Bonchev–Trinajstić information content (AvgIpc) is 3.02. The molecule has 1 aromatic carbocycles. The Balaban J connectivity index is 1.64. The lowest BCUT2D eigenvalue weighted by atomic mass is 9.87. The summed E-state index contributed by atoms with van der Waals surface area (Å²) >= 11 is 1.37. The first-order valence-electron chi connectivity index (χ1n) is 9.64. The molecule has 0 atom stereocenters.